The fourth-order valence-electron chi connectivity index (χ4n) is 2.67. The van der Waals surface area contributed by atoms with E-state index in [-0.39, 0.29) is 36.0 Å². The van der Waals surface area contributed by atoms with Gasteiger partial charge in [0, 0.05) is 23.7 Å². The largest absolute Gasteiger partial charge is 0.492 e. The topological polar surface area (TPSA) is 87.7 Å². The molecule has 26 heavy (non-hydrogen) atoms. The third-order valence-corrected chi connectivity index (χ3v) is 3.79. The molecule has 1 unspecified atom stereocenters. The van der Waals surface area contributed by atoms with Crippen LogP contribution in [0.5, 0.6) is 5.75 Å². The van der Waals surface area contributed by atoms with E-state index in [9.17, 15) is 18.4 Å². The van der Waals surface area contributed by atoms with Crippen LogP contribution in [0.25, 0.3) is 0 Å². The number of fused-ring (bicyclic) bond motifs is 1. The Morgan fingerprint density at radius 1 is 1.15 bits per heavy atom. The van der Waals surface area contributed by atoms with Crippen molar-refractivity contribution in [3.05, 3.63) is 59.2 Å². The van der Waals surface area contributed by atoms with E-state index < -0.39 is 29.7 Å². The Kier molecular flexibility index (Phi) is 5.99. The molecule has 6 nitrogen and oxygen atoms in total. The van der Waals surface area contributed by atoms with Crippen molar-refractivity contribution >= 4 is 30.1 Å². The summed E-state index contributed by atoms with van der Waals surface area (Å²) in [6, 6.07) is 7.32. The summed E-state index contributed by atoms with van der Waals surface area (Å²) in [7, 11) is 0. The van der Waals surface area contributed by atoms with E-state index in [1.165, 1.54) is 12.1 Å². The van der Waals surface area contributed by atoms with Crippen LogP contribution in [0.4, 0.5) is 19.3 Å². The Hall–Kier alpha value is -2.87. The van der Waals surface area contributed by atoms with Crippen molar-refractivity contribution in [2.75, 3.05) is 11.9 Å². The molecule has 0 fully saturated rings. The molecule has 0 bridgehead atoms. The van der Waals surface area contributed by atoms with Crippen LogP contribution >= 0.6 is 12.4 Å². The average Bonchev–Trinajstić information content (AvgIpc) is 2.57. The van der Waals surface area contributed by atoms with Crippen molar-refractivity contribution < 1.29 is 28.2 Å². The number of benzene rings is 2. The lowest BCUT2D eigenvalue weighted by atomic mass is 9.97. The lowest BCUT2D eigenvalue weighted by Crippen LogP contribution is -2.31. The third kappa shape index (κ3) is 4.02. The zero-order valence-electron chi connectivity index (χ0n) is 13.3. The van der Waals surface area contributed by atoms with Gasteiger partial charge in [0.25, 0.3) is 5.91 Å². The SMILES string of the molecule is Cl.O=C(O)NC1CCOc2c(C(=O)Nc3ccc(F)c(F)c3)cccc21. The van der Waals surface area contributed by atoms with E-state index in [1.807, 2.05) is 0 Å². The number of anilines is 1. The highest BCUT2D eigenvalue weighted by atomic mass is 35.5. The molecule has 1 atom stereocenters. The highest BCUT2D eigenvalue weighted by Gasteiger charge is 2.27. The molecular weight excluding hydrogens is 370 g/mol. The first-order valence-corrected chi connectivity index (χ1v) is 7.47. The van der Waals surface area contributed by atoms with Crippen molar-refractivity contribution in [2.45, 2.75) is 12.5 Å². The van der Waals surface area contributed by atoms with Gasteiger partial charge in [-0.3, -0.25) is 4.79 Å². The Labute approximate surface area is 153 Å². The molecule has 0 aliphatic carbocycles. The smallest absolute Gasteiger partial charge is 0.405 e. The molecule has 1 heterocycles. The molecular formula is C17H15ClF2N2O4. The van der Waals surface area contributed by atoms with Crippen LogP contribution in [-0.2, 0) is 0 Å². The van der Waals surface area contributed by atoms with Crippen molar-refractivity contribution in [1.29, 1.82) is 0 Å². The molecule has 1 aliphatic rings. The van der Waals surface area contributed by atoms with Crippen molar-refractivity contribution in [3.63, 3.8) is 0 Å². The number of carbonyl (C=O) groups is 2. The van der Waals surface area contributed by atoms with Gasteiger partial charge in [0.05, 0.1) is 18.2 Å². The number of nitrogens with one attached hydrogen (secondary N) is 2. The predicted octanol–water partition coefficient (Wildman–Crippen LogP) is 3.73. The molecule has 1 aliphatic heterocycles. The summed E-state index contributed by atoms with van der Waals surface area (Å²) in [5.74, 6) is -2.39. The minimum atomic E-state index is -1.17. The summed E-state index contributed by atoms with van der Waals surface area (Å²) in [5, 5.41) is 13.8. The minimum absolute atomic E-state index is 0. The summed E-state index contributed by atoms with van der Waals surface area (Å²) < 4.78 is 31.8. The summed E-state index contributed by atoms with van der Waals surface area (Å²) >= 11 is 0. The van der Waals surface area contributed by atoms with E-state index in [1.54, 1.807) is 12.1 Å². The lowest BCUT2D eigenvalue weighted by Gasteiger charge is -2.27. The van der Waals surface area contributed by atoms with Gasteiger partial charge in [0.1, 0.15) is 5.75 Å². The fraction of sp³-hybridized carbons (Fsp3) is 0.176. The first-order valence-electron chi connectivity index (χ1n) is 7.47. The number of carboxylic acid groups (broad SMARTS) is 1. The average molecular weight is 385 g/mol. The maximum atomic E-state index is 13.3. The van der Waals surface area contributed by atoms with E-state index >= 15 is 0 Å². The second-order valence-corrected chi connectivity index (χ2v) is 5.45. The highest BCUT2D eigenvalue weighted by molar-refractivity contribution is 6.06. The Morgan fingerprint density at radius 3 is 2.62 bits per heavy atom. The van der Waals surface area contributed by atoms with Gasteiger partial charge in [-0.2, -0.15) is 0 Å². The number of amides is 2. The molecule has 2 aromatic carbocycles. The van der Waals surface area contributed by atoms with Crippen LogP contribution in [0.1, 0.15) is 28.4 Å². The van der Waals surface area contributed by atoms with Gasteiger partial charge in [0.2, 0.25) is 0 Å². The Bertz CT molecular complexity index is 848. The second-order valence-electron chi connectivity index (χ2n) is 5.45. The van der Waals surface area contributed by atoms with E-state index in [0.29, 0.717) is 12.0 Å². The fourth-order valence-corrected chi connectivity index (χ4v) is 2.67. The minimum Gasteiger partial charge on any atom is -0.492 e. The molecule has 3 N–H and O–H groups in total. The molecule has 0 saturated carbocycles. The summed E-state index contributed by atoms with van der Waals surface area (Å²) in [6.07, 6.45) is -0.734. The van der Waals surface area contributed by atoms with Crippen molar-refractivity contribution in [2.24, 2.45) is 0 Å². The zero-order chi connectivity index (χ0) is 18.0. The highest BCUT2D eigenvalue weighted by Crippen LogP contribution is 2.35. The van der Waals surface area contributed by atoms with Gasteiger partial charge in [-0.15, -0.1) is 12.4 Å². The standard InChI is InChI=1S/C17H14F2N2O4.ClH/c18-12-5-4-9(8-13(12)19)20-16(22)11-3-1-2-10-14(21-17(23)24)6-7-25-15(10)11;/h1-5,8,14,21H,6-7H2,(H,20,22)(H,23,24);1H. The van der Waals surface area contributed by atoms with Gasteiger partial charge >= 0.3 is 6.09 Å². The normalized spacial score (nSPS) is 15.1. The first kappa shape index (κ1) is 19.5. The monoisotopic (exact) mass is 384 g/mol. The van der Waals surface area contributed by atoms with Crippen LogP contribution in [0.3, 0.4) is 0 Å². The molecule has 9 heteroatoms. The maximum absolute atomic E-state index is 13.3. The van der Waals surface area contributed by atoms with Crippen molar-refractivity contribution in [3.8, 4) is 5.75 Å². The molecule has 0 spiro atoms. The number of halogens is 3. The number of carbonyl (C=O) groups excluding carboxylic acids is 1. The zero-order valence-corrected chi connectivity index (χ0v) is 14.1. The van der Waals surface area contributed by atoms with Gasteiger partial charge in [-0.25, -0.2) is 13.6 Å². The van der Waals surface area contributed by atoms with E-state index in [0.717, 1.165) is 12.1 Å². The lowest BCUT2D eigenvalue weighted by molar-refractivity contribution is 0.102. The summed E-state index contributed by atoms with van der Waals surface area (Å²) in [4.78, 5) is 23.4. The summed E-state index contributed by atoms with van der Waals surface area (Å²) in [6.45, 7) is 0.243. The Morgan fingerprint density at radius 2 is 1.92 bits per heavy atom. The molecule has 2 amide bonds. The molecule has 0 saturated heterocycles. The number of hydrogen-bond donors (Lipinski definition) is 3. The molecule has 0 radical (unpaired) electrons. The van der Waals surface area contributed by atoms with Gasteiger partial charge in [-0.1, -0.05) is 12.1 Å². The molecule has 2 aromatic rings. The first-order chi connectivity index (χ1) is 12.0. The third-order valence-electron chi connectivity index (χ3n) is 3.79. The molecule has 138 valence electrons. The Balaban J connectivity index is 0.00000243. The second kappa shape index (κ2) is 8.01. The van der Waals surface area contributed by atoms with Gasteiger partial charge in [0.15, 0.2) is 11.6 Å². The van der Waals surface area contributed by atoms with Crippen LogP contribution in [0, 0.1) is 11.6 Å². The predicted molar refractivity (Wildman–Crippen MR) is 92.0 cm³/mol. The quantitative estimate of drug-likeness (QED) is 0.752. The molecule has 0 aromatic heterocycles. The van der Waals surface area contributed by atoms with Crippen LogP contribution < -0.4 is 15.4 Å². The van der Waals surface area contributed by atoms with Crippen molar-refractivity contribution in [1.82, 2.24) is 5.32 Å². The van der Waals surface area contributed by atoms with Gasteiger partial charge < -0.3 is 20.5 Å². The maximum Gasteiger partial charge on any atom is 0.405 e. The number of hydrogen-bond acceptors (Lipinski definition) is 3. The number of rotatable bonds is 3. The summed E-state index contributed by atoms with van der Waals surface area (Å²) in [5.41, 5.74) is 0.822. The number of para-hydroxylation sites is 1. The van der Waals surface area contributed by atoms with Crippen LogP contribution in [0.2, 0.25) is 0 Å². The van der Waals surface area contributed by atoms with E-state index in [4.69, 9.17) is 9.84 Å². The van der Waals surface area contributed by atoms with E-state index in [2.05, 4.69) is 10.6 Å². The van der Waals surface area contributed by atoms with Crippen LogP contribution in [0.15, 0.2) is 36.4 Å². The molecule has 3 rings (SSSR count). The number of ether oxygens (including phenoxy) is 1. The van der Waals surface area contributed by atoms with Gasteiger partial charge in [-0.05, 0) is 18.2 Å². The van der Waals surface area contributed by atoms with Crippen LogP contribution in [-0.4, -0.2) is 23.7 Å².